The number of nitrogens with zero attached hydrogens (tertiary/aromatic N) is 4. The molecule has 0 spiro atoms. The van der Waals surface area contributed by atoms with Gasteiger partial charge < -0.3 is 10.6 Å². The molecule has 2 aromatic heterocycles. The summed E-state index contributed by atoms with van der Waals surface area (Å²) in [6, 6.07) is 7.62. The molecule has 7 nitrogen and oxygen atoms in total. The molecule has 0 aliphatic heterocycles. The molecule has 1 amide bonds. The number of thioether (sulfide) groups is 2. The zero-order valence-electron chi connectivity index (χ0n) is 18.7. The molecule has 0 aliphatic rings. The second-order valence-electron chi connectivity index (χ2n) is 7.86. The second kappa shape index (κ2) is 10.9. The Bertz CT molecular complexity index is 1030. The van der Waals surface area contributed by atoms with Crippen molar-refractivity contribution >= 4 is 46.3 Å². The van der Waals surface area contributed by atoms with Crippen LogP contribution in [0.3, 0.4) is 0 Å². The summed E-state index contributed by atoms with van der Waals surface area (Å²) in [5.41, 5.74) is 1.47. The molecule has 166 valence electrons. The monoisotopic (exact) mass is 458 g/mol. The van der Waals surface area contributed by atoms with Crippen molar-refractivity contribution in [3.8, 4) is 0 Å². The largest absolute Gasteiger partial charge is 0.369 e. The topological polar surface area (TPSA) is 84.7 Å². The normalized spacial score (nSPS) is 11.5. The first-order chi connectivity index (χ1) is 14.9. The molecule has 2 heterocycles. The minimum atomic E-state index is -0.0774. The summed E-state index contributed by atoms with van der Waals surface area (Å²) in [5, 5.41) is 13.0. The summed E-state index contributed by atoms with van der Waals surface area (Å²) in [6.07, 6.45) is 3.77. The van der Waals surface area contributed by atoms with Gasteiger partial charge in [-0.25, -0.2) is 14.6 Å². The molecule has 0 fully saturated rings. The Balaban J connectivity index is 1.77. The van der Waals surface area contributed by atoms with Crippen LogP contribution in [0.1, 0.15) is 38.1 Å². The van der Waals surface area contributed by atoms with E-state index in [1.165, 1.54) is 0 Å². The number of hydrogen-bond donors (Lipinski definition) is 2. The molecule has 9 heteroatoms. The number of rotatable bonds is 10. The number of carbonyl (C=O) groups excluding carboxylic acids is 1. The second-order valence-corrected chi connectivity index (χ2v) is 10.2. The van der Waals surface area contributed by atoms with Gasteiger partial charge in [0.15, 0.2) is 10.8 Å². The van der Waals surface area contributed by atoms with Gasteiger partial charge in [0.25, 0.3) is 5.91 Å². The molecule has 0 unspecified atom stereocenters. The number of aromatic nitrogens is 4. The third kappa shape index (κ3) is 6.13. The van der Waals surface area contributed by atoms with Crippen LogP contribution >= 0.6 is 23.5 Å². The lowest BCUT2D eigenvalue weighted by Gasteiger charge is -2.12. The molecular weight excluding hydrogens is 428 g/mol. The molecule has 0 saturated heterocycles. The van der Waals surface area contributed by atoms with Crippen molar-refractivity contribution in [2.75, 3.05) is 24.7 Å². The molecule has 0 saturated carbocycles. The summed E-state index contributed by atoms with van der Waals surface area (Å²) in [4.78, 5) is 23.0. The zero-order chi connectivity index (χ0) is 22.4. The molecule has 0 radical (unpaired) electrons. The van der Waals surface area contributed by atoms with Gasteiger partial charge in [0.2, 0.25) is 0 Å². The number of fused-ring (bicyclic) bond motifs is 1. The first kappa shape index (κ1) is 23.4. The van der Waals surface area contributed by atoms with E-state index in [1.54, 1.807) is 29.7 Å². The van der Waals surface area contributed by atoms with Crippen molar-refractivity contribution in [3.63, 3.8) is 0 Å². The maximum absolute atomic E-state index is 12.6. The SMILES string of the molecule is CSc1ccccc1C(=O)NCCn1ncc2c(NCC(C)C)nc(SC(C)C)nc21. The molecule has 3 aromatic rings. The molecule has 0 atom stereocenters. The summed E-state index contributed by atoms with van der Waals surface area (Å²) in [5.74, 6) is 1.23. The van der Waals surface area contributed by atoms with Gasteiger partial charge in [0, 0.05) is 23.2 Å². The fourth-order valence-corrected chi connectivity index (χ4v) is 4.30. The van der Waals surface area contributed by atoms with Crippen LogP contribution in [0.15, 0.2) is 40.5 Å². The minimum Gasteiger partial charge on any atom is -0.369 e. The number of nitrogens with one attached hydrogen (secondary N) is 2. The zero-order valence-corrected chi connectivity index (χ0v) is 20.3. The van der Waals surface area contributed by atoms with E-state index < -0.39 is 0 Å². The van der Waals surface area contributed by atoms with E-state index in [9.17, 15) is 4.79 Å². The summed E-state index contributed by atoms with van der Waals surface area (Å²) in [6.45, 7) is 10.4. The van der Waals surface area contributed by atoms with Crippen molar-refractivity contribution < 1.29 is 4.79 Å². The number of anilines is 1. The molecule has 2 N–H and O–H groups in total. The van der Waals surface area contributed by atoms with Gasteiger partial charge >= 0.3 is 0 Å². The Morgan fingerprint density at radius 2 is 1.94 bits per heavy atom. The van der Waals surface area contributed by atoms with Crippen molar-refractivity contribution in [1.82, 2.24) is 25.1 Å². The number of hydrogen-bond acceptors (Lipinski definition) is 7. The van der Waals surface area contributed by atoms with Crippen LogP contribution in [0, 0.1) is 5.92 Å². The van der Waals surface area contributed by atoms with E-state index >= 15 is 0 Å². The van der Waals surface area contributed by atoms with Crippen LogP contribution in [-0.2, 0) is 6.54 Å². The summed E-state index contributed by atoms with van der Waals surface area (Å²) < 4.78 is 1.84. The highest BCUT2D eigenvalue weighted by atomic mass is 32.2. The summed E-state index contributed by atoms with van der Waals surface area (Å²) >= 11 is 3.20. The van der Waals surface area contributed by atoms with Crippen LogP contribution in [0.5, 0.6) is 0 Å². The Labute approximate surface area is 192 Å². The standard InChI is InChI=1S/C22H30N6OS2/c1-14(2)12-24-19-17-13-25-28(20(17)27-22(26-19)31-15(3)4)11-10-23-21(29)16-8-6-7-9-18(16)30-5/h6-9,13-15H,10-12H2,1-5H3,(H,23,29)(H,24,26,27). The summed E-state index contributed by atoms with van der Waals surface area (Å²) in [7, 11) is 0. The fraction of sp³-hybridized carbons (Fsp3) is 0.455. The average molecular weight is 459 g/mol. The highest BCUT2D eigenvalue weighted by Crippen LogP contribution is 2.26. The lowest BCUT2D eigenvalue weighted by atomic mass is 10.2. The van der Waals surface area contributed by atoms with Gasteiger partial charge in [0.05, 0.1) is 23.7 Å². The molecule has 1 aromatic carbocycles. The van der Waals surface area contributed by atoms with E-state index in [0.717, 1.165) is 33.4 Å². The first-order valence-electron chi connectivity index (χ1n) is 10.4. The predicted octanol–water partition coefficient (Wildman–Crippen LogP) is 4.55. The Hall–Kier alpha value is -2.26. The van der Waals surface area contributed by atoms with E-state index in [0.29, 0.717) is 29.8 Å². The first-order valence-corrected chi connectivity index (χ1v) is 12.5. The Kier molecular flexibility index (Phi) is 8.20. The maximum atomic E-state index is 12.6. The van der Waals surface area contributed by atoms with Crippen LogP contribution in [-0.4, -0.2) is 50.3 Å². The van der Waals surface area contributed by atoms with Crippen LogP contribution in [0.2, 0.25) is 0 Å². The van der Waals surface area contributed by atoms with E-state index in [4.69, 9.17) is 9.97 Å². The van der Waals surface area contributed by atoms with Gasteiger partial charge in [-0.05, 0) is 24.3 Å². The van der Waals surface area contributed by atoms with Gasteiger partial charge in [-0.3, -0.25) is 4.79 Å². The van der Waals surface area contributed by atoms with E-state index in [-0.39, 0.29) is 5.91 Å². The van der Waals surface area contributed by atoms with E-state index in [2.05, 4.69) is 43.4 Å². The Morgan fingerprint density at radius 3 is 2.65 bits per heavy atom. The third-order valence-corrected chi connectivity index (χ3v) is 6.12. The number of benzene rings is 1. The van der Waals surface area contributed by atoms with Gasteiger partial charge in [-0.15, -0.1) is 11.8 Å². The van der Waals surface area contributed by atoms with Crippen molar-refractivity contribution in [2.24, 2.45) is 5.92 Å². The van der Waals surface area contributed by atoms with E-state index in [1.807, 2.05) is 35.2 Å². The molecule has 0 bridgehead atoms. The number of amides is 1. The van der Waals surface area contributed by atoms with Crippen LogP contribution in [0.25, 0.3) is 11.0 Å². The molecule has 0 aliphatic carbocycles. The highest BCUT2D eigenvalue weighted by Gasteiger charge is 2.15. The van der Waals surface area contributed by atoms with Crippen LogP contribution < -0.4 is 10.6 Å². The molecule has 31 heavy (non-hydrogen) atoms. The van der Waals surface area contributed by atoms with Crippen LogP contribution in [0.4, 0.5) is 5.82 Å². The quantitative estimate of drug-likeness (QED) is 0.341. The lowest BCUT2D eigenvalue weighted by Crippen LogP contribution is -2.28. The smallest absolute Gasteiger partial charge is 0.252 e. The minimum absolute atomic E-state index is 0.0774. The maximum Gasteiger partial charge on any atom is 0.252 e. The average Bonchev–Trinajstić information content (AvgIpc) is 3.14. The van der Waals surface area contributed by atoms with Gasteiger partial charge in [-0.1, -0.05) is 51.6 Å². The lowest BCUT2D eigenvalue weighted by molar-refractivity contribution is 0.0949. The highest BCUT2D eigenvalue weighted by molar-refractivity contribution is 7.99. The Morgan fingerprint density at radius 1 is 1.16 bits per heavy atom. The molecular formula is C22H30N6OS2. The van der Waals surface area contributed by atoms with Crippen molar-refractivity contribution in [3.05, 3.63) is 36.0 Å². The van der Waals surface area contributed by atoms with Gasteiger partial charge in [-0.2, -0.15) is 5.10 Å². The van der Waals surface area contributed by atoms with Crippen molar-refractivity contribution in [1.29, 1.82) is 0 Å². The fourth-order valence-electron chi connectivity index (χ4n) is 3.00. The van der Waals surface area contributed by atoms with Crippen molar-refractivity contribution in [2.45, 2.75) is 49.5 Å². The van der Waals surface area contributed by atoms with Gasteiger partial charge in [0.1, 0.15) is 5.82 Å². The third-order valence-electron chi connectivity index (χ3n) is 4.46. The molecule has 3 rings (SSSR count). The predicted molar refractivity (Wildman–Crippen MR) is 130 cm³/mol. The number of carbonyl (C=O) groups is 1.